The van der Waals surface area contributed by atoms with Gasteiger partial charge in [-0.05, 0) is 47.6 Å². The molecule has 1 rings (SSSR count). The molecule has 0 radical (unpaired) electrons. The second-order valence-corrected chi connectivity index (χ2v) is 7.02. The number of piperazine rings is 1. The fourth-order valence-corrected chi connectivity index (χ4v) is 2.52. The number of hydrogen-bond donors (Lipinski definition) is 1. The van der Waals surface area contributed by atoms with Crippen LogP contribution in [0.3, 0.4) is 0 Å². The van der Waals surface area contributed by atoms with Crippen molar-refractivity contribution in [2.45, 2.75) is 52.7 Å². The van der Waals surface area contributed by atoms with Gasteiger partial charge in [-0.3, -0.25) is 9.80 Å². The van der Waals surface area contributed by atoms with Gasteiger partial charge >= 0.3 is 0 Å². The number of nitrogens with one attached hydrogen (secondary N) is 1. The molecule has 0 amide bonds. The Kier molecular flexibility index (Phi) is 8.03. The molecule has 0 aliphatic carbocycles. The molecule has 1 fully saturated rings. The highest BCUT2D eigenvalue weighted by molar-refractivity contribution is 4.81. The molecule has 1 aliphatic heterocycles. The summed E-state index contributed by atoms with van der Waals surface area (Å²) >= 11 is 0. The van der Waals surface area contributed by atoms with Crippen molar-refractivity contribution in [2.75, 3.05) is 52.4 Å². The molecule has 1 heterocycles. The summed E-state index contributed by atoms with van der Waals surface area (Å²) in [5.41, 5.74) is 0.320. The van der Waals surface area contributed by atoms with Crippen molar-refractivity contribution < 1.29 is 4.74 Å². The van der Waals surface area contributed by atoms with E-state index in [4.69, 9.17) is 4.74 Å². The maximum absolute atomic E-state index is 5.53. The average Bonchev–Trinajstić information content (AvgIpc) is 2.37. The molecule has 1 saturated heterocycles. The summed E-state index contributed by atoms with van der Waals surface area (Å²) in [7, 11) is 0. The average molecular weight is 285 g/mol. The second kappa shape index (κ2) is 8.98. The minimum Gasteiger partial charge on any atom is -0.379 e. The molecule has 0 aromatic heterocycles. The van der Waals surface area contributed by atoms with Crippen LogP contribution in [0.2, 0.25) is 0 Å². The Labute approximate surface area is 125 Å². The smallest absolute Gasteiger partial charge is 0.0518 e. The van der Waals surface area contributed by atoms with Crippen LogP contribution in [0.1, 0.15) is 41.0 Å². The largest absolute Gasteiger partial charge is 0.379 e. The predicted molar refractivity (Wildman–Crippen MR) is 86.3 cm³/mol. The van der Waals surface area contributed by atoms with Gasteiger partial charge < -0.3 is 10.1 Å². The normalized spacial score (nSPS) is 18.9. The minimum absolute atomic E-state index is 0.320. The van der Waals surface area contributed by atoms with Crippen LogP contribution in [0.25, 0.3) is 0 Å². The number of hydrogen-bond acceptors (Lipinski definition) is 4. The molecule has 0 unspecified atom stereocenters. The Balaban J connectivity index is 1.97. The van der Waals surface area contributed by atoms with Crippen LogP contribution < -0.4 is 5.32 Å². The first kappa shape index (κ1) is 17.9. The van der Waals surface area contributed by atoms with Crippen LogP contribution in [0.5, 0.6) is 0 Å². The highest BCUT2D eigenvalue weighted by atomic mass is 16.5. The highest BCUT2D eigenvalue weighted by Gasteiger charge is 2.25. The molecule has 0 bridgehead atoms. The van der Waals surface area contributed by atoms with E-state index in [1.165, 1.54) is 32.7 Å². The van der Waals surface area contributed by atoms with E-state index in [1.807, 2.05) is 0 Å². The van der Waals surface area contributed by atoms with Gasteiger partial charge in [0.1, 0.15) is 0 Å². The first-order valence-electron chi connectivity index (χ1n) is 8.19. The van der Waals surface area contributed by atoms with E-state index >= 15 is 0 Å². The monoisotopic (exact) mass is 285 g/mol. The summed E-state index contributed by atoms with van der Waals surface area (Å²) in [4.78, 5) is 5.15. The van der Waals surface area contributed by atoms with Crippen LogP contribution in [-0.4, -0.2) is 73.9 Å². The number of nitrogens with zero attached hydrogens (tertiary/aromatic N) is 2. The predicted octanol–water partition coefficient (Wildman–Crippen LogP) is 1.81. The summed E-state index contributed by atoms with van der Waals surface area (Å²) < 4.78 is 5.53. The van der Waals surface area contributed by atoms with Crippen LogP contribution in [0.4, 0.5) is 0 Å². The molecule has 0 atom stereocenters. The van der Waals surface area contributed by atoms with Crippen molar-refractivity contribution in [3.63, 3.8) is 0 Å². The van der Waals surface area contributed by atoms with Crippen molar-refractivity contribution in [3.8, 4) is 0 Å². The van der Waals surface area contributed by atoms with Gasteiger partial charge in [-0.2, -0.15) is 0 Å². The SMILES string of the molecule is CC(C)OCCCNCCN1CCN(C(C)(C)C)CC1. The molecule has 4 heteroatoms. The molecule has 0 aromatic carbocycles. The Morgan fingerprint density at radius 3 is 2.25 bits per heavy atom. The fraction of sp³-hybridized carbons (Fsp3) is 1.00. The van der Waals surface area contributed by atoms with E-state index in [0.717, 1.165) is 26.1 Å². The maximum atomic E-state index is 5.53. The quantitative estimate of drug-likeness (QED) is 0.688. The van der Waals surface area contributed by atoms with E-state index in [1.54, 1.807) is 0 Å². The summed E-state index contributed by atoms with van der Waals surface area (Å²) in [5.74, 6) is 0. The maximum Gasteiger partial charge on any atom is 0.0518 e. The number of ether oxygens (including phenoxy) is 1. The van der Waals surface area contributed by atoms with Gasteiger partial charge in [0, 0.05) is 51.4 Å². The first-order valence-corrected chi connectivity index (χ1v) is 8.19. The number of rotatable bonds is 8. The summed E-state index contributed by atoms with van der Waals surface area (Å²) in [6.07, 6.45) is 1.46. The van der Waals surface area contributed by atoms with E-state index in [2.05, 4.69) is 49.7 Å². The van der Waals surface area contributed by atoms with Gasteiger partial charge in [0.2, 0.25) is 0 Å². The van der Waals surface area contributed by atoms with Crippen LogP contribution in [-0.2, 0) is 4.74 Å². The van der Waals surface area contributed by atoms with E-state index < -0.39 is 0 Å². The lowest BCUT2D eigenvalue weighted by molar-refractivity contribution is 0.0623. The van der Waals surface area contributed by atoms with Gasteiger partial charge in [0.05, 0.1) is 6.10 Å². The molecule has 20 heavy (non-hydrogen) atoms. The third-order valence-electron chi connectivity index (χ3n) is 3.87. The van der Waals surface area contributed by atoms with E-state index in [9.17, 15) is 0 Å². The molecule has 4 nitrogen and oxygen atoms in total. The van der Waals surface area contributed by atoms with E-state index in [0.29, 0.717) is 11.6 Å². The Hall–Kier alpha value is -0.160. The molecule has 120 valence electrons. The van der Waals surface area contributed by atoms with Gasteiger partial charge in [-0.25, -0.2) is 0 Å². The Morgan fingerprint density at radius 2 is 1.70 bits per heavy atom. The van der Waals surface area contributed by atoms with Crippen molar-refractivity contribution in [3.05, 3.63) is 0 Å². The third-order valence-corrected chi connectivity index (χ3v) is 3.87. The van der Waals surface area contributed by atoms with Crippen molar-refractivity contribution in [1.82, 2.24) is 15.1 Å². The molecule has 1 N–H and O–H groups in total. The lowest BCUT2D eigenvalue weighted by atomic mass is 10.1. The fourth-order valence-electron chi connectivity index (χ4n) is 2.52. The van der Waals surface area contributed by atoms with Crippen molar-refractivity contribution >= 4 is 0 Å². The van der Waals surface area contributed by atoms with Gasteiger partial charge in [-0.15, -0.1) is 0 Å². The molecule has 0 aromatic rings. The van der Waals surface area contributed by atoms with Crippen LogP contribution in [0.15, 0.2) is 0 Å². The lowest BCUT2D eigenvalue weighted by Gasteiger charge is -2.42. The zero-order chi connectivity index (χ0) is 15.0. The Morgan fingerprint density at radius 1 is 1.05 bits per heavy atom. The molecule has 0 saturated carbocycles. The molecular formula is C16H35N3O. The zero-order valence-electron chi connectivity index (χ0n) is 14.2. The lowest BCUT2D eigenvalue weighted by Crippen LogP contribution is -2.54. The zero-order valence-corrected chi connectivity index (χ0v) is 14.2. The second-order valence-electron chi connectivity index (χ2n) is 7.02. The van der Waals surface area contributed by atoms with Crippen LogP contribution in [0, 0.1) is 0 Å². The standard InChI is InChI=1S/C16H35N3O/c1-15(2)20-14-6-7-17-8-9-18-10-12-19(13-11-18)16(3,4)5/h15,17H,6-14H2,1-5H3. The molecular weight excluding hydrogens is 250 g/mol. The first-order chi connectivity index (χ1) is 9.39. The van der Waals surface area contributed by atoms with Gasteiger partial charge in [-0.1, -0.05) is 0 Å². The van der Waals surface area contributed by atoms with E-state index in [-0.39, 0.29) is 0 Å². The summed E-state index contributed by atoms with van der Waals surface area (Å²) in [6, 6.07) is 0. The molecule has 1 aliphatic rings. The van der Waals surface area contributed by atoms with Crippen LogP contribution >= 0.6 is 0 Å². The van der Waals surface area contributed by atoms with Crippen molar-refractivity contribution in [2.24, 2.45) is 0 Å². The topological polar surface area (TPSA) is 27.7 Å². The third kappa shape index (κ3) is 7.58. The summed E-state index contributed by atoms with van der Waals surface area (Å²) in [6.45, 7) is 20.1. The van der Waals surface area contributed by atoms with Gasteiger partial charge in [0.15, 0.2) is 0 Å². The molecule has 0 spiro atoms. The Bertz CT molecular complexity index is 243. The van der Waals surface area contributed by atoms with Gasteiger partial charge in [0.25, 0.3) is 0 Å². The minimum atomic E-state index is 0.320. The van der Waals surface area contributed by atoms with Crippen molar-refractivity contribution in [1.29, 1.82) is 0 Å². The summed E-state index contributed by atoms with van der Waals surface area (Å²) in [5, 5.41) is 3.51. The highest BCUT2D eigenvalue weighted by Crippen LogP contribution is 2.15.